The average molecular weight is 303 g/mol. The molecule has 0 aromatic heterocycles. The molecule has 2 unspecified atom stereocenters. The number of rotatable bonds is 3. The van der Waals surface area contributed by atoms with Gasteiger partial charge in [0.1, 0.15) is 6.04 Å². The van der Waals surface area contributed by atoms with E-state index in [9.17, 15) is 4.79 Å². The van der Waals surface area contributed by atoms with Crippen LogP contribution in [0.1, 0.15) is 18.5 Å². The van der Waals surface area contributed by atoms with Gasteiger partial charge in [-0.1, -0.05) is 29.3 Å². The Bertz CT molecular complexity index is 462. The highest BCUT2D eigenvalue weighted by atomic mass is 35.5. The Morgan fingerprint density at radius 1 is 1.47 bits per heavy atom. The van der Waals surface area contributed by atoms with Crippen LogP contribution >= 0.6 is 23.2 Å². The molecule has 2 rings (SSSR count). The van der Waals surface area contributed by atoms with Crippen molar-refractivity contribution in [1.82, 2.24) is 10.6 Å². The van der Waals surface area contributed by atoms with Crippen LogP contribution in [0.15, 0.2) is 18.2 Å². The highest BCUT2D eigenvalue weighted by molar-refractivity contribution is 6.42. The van der Waals surface area contributed by atoms with Crippen molar-refractivity contribution in [2.45, 2.75) is 19.0 Å². The molecule has 0 spiro atoms. The smallest absolute Gasteiger partial charge is 0.240 e. The molecule has 0 bridgehead atoms. The van der Waals surface area contributed by atoms with Crippen molar-refractivity contribution >= 4 is 29.1 Å². The van der Waals surface area contributed by atoms with Gasteiger partial charge < -0.3 is 15.4 Å². The zero-order valence-electron chi connectivity index (χ0n) is 10.6. The summed E-state index contributed by atoms with van der Waals surface area (Å²) in [5.74, 6) is -0.0710. The highest BCUT2D eigenvalue weighted by Crippen LogP contribution is 2.25. The van der Waals surface area contributed by atoms with Crippen molar-refractivity contribution in [1.29, 1.82) is 0 Å². The molecule has 19 heavy (non-hydrogen) atoms. The Kier molecular flexibility index (Phi) is 5.05. The Hall–Kier alpha value is -0.810. The van der Waals surface area contributed by atoms with Gasteiger partial charge in [-0.15, -0.1) is 0 Å². The Morgan fingerprint density at radius 2 is 2.26 bits per heavy atom. The van der Waals surface area contributed by atoms with Gasteiger partial charge >= 0.3 is 0 Å². The zero-order valence-corrected chi connectivity index (χ0v) is 12.1. The molecule has 104 valence electrons. The van der Waals surface area contributed by atoms with Crippen molar-refractivity contribution in [3.8, 4) is 0 Å². The number of benzene rings is 1. The summed E-state index contributed by atoms with van der Waals surface area (Å²) < 4.78 is 5.26. The summed E-state index contributed by atoms with van der Waals surface area (Å²) in [6.07, 6.45) is 0. The van der Waals surface area contributed by atoms with Crippen LogP contribution in [0.3, 0.4) is 0 Å². The van der Waals surface area contributed by atoms with E-state index in [-0.39, 0.29) is 18.0 Å². The molecule has 1 saturated heterocycles. The first kappa shape index (κ1) is 14.6. The molecule has 2 atom stereocenters. The number of hydrogen-bond donors (Lipinski definition) is 2. The number of nitrogens with one attached hydrogen (secondary N) is 2. The minimum absolute atomic E-state index is 0.0710. The Labute approximate surface area is 122 Å². The van der Waals surface area contributed by atoms with Crippen molar-refractivity contribution < 1.29 is 9.53 Å². The molecule has 1 aromatic carbocycles. The summed E-state index contributed by atoms with van der Waals surface area (Å²) in [5, 5.41) is 7.03. The molecule has 6 heteroatoms. The van der Waals surface area contributed by atoms with Crippen LogP contribution in [0.25, 0.3) is 0 Å². The summed E-state index contributed by atoms with van der Waals surface area (Å²) >= 11 is 11.8. The lowest BCUT2D eigenvalue weighted by Crippen LogP contribution is -2.51. The number of morpholine rings is 1. The van der Waals surface area contributed by atoms with Crippen molar-refractivity contribution in [3.63, 3.8) is 0 Å². The van der Waals surface area contributed by atoms with E-state index in [2.05, 4.69) is 10.6 Å². The minimum Gasteiger partial charge on any atom is -0.378 e. The van der Waals surface area contributed by atoms with Crippen LogP contribution in [-0.2, 0) is 9.53 Å². The predicted molar refractivity (Wildman–Crippen MR) is 75.6 cm³/mol. The summed E-state index contributed by atoms with van der Waals surface area (Å²) in [6, 6.07) is 4.91. The van der Waals surface area contributed by atoms with E-state index in [1.54, 1.807) is 12.1 Å². The number of hydrogen-bond acceptors (Lipinski definition) is 3. The number of ether oxygens (including phenoxy) is 1. The molecule has 1 fully saturated rings. The second-order valence-corrected chi connectivity index (χ2v) is 5.30. The molecule has 1 heterocycles. The van der Waals surface area contributed by atoms with E-state index in [1.807, 2.05) is 13.0 Å². The maximum Gasteiger partial charge on any atom is 0.240 e. The van der Waals surface area contributed by atoms with Crippen LogP contribution in [0.4, 0.5) is 0 Å². The first-order chi connectivity index (χ1) is 9.08. The lowest BCUT2D eigenvalue weighted by molar-refractivity contribution is -0.126. The van der Waals surface area contributed by atoms with E-state index < -0.39 is 0 Å². The fourth-order valence-electron chi connectivity index (χ4n) is 1.91. The molecule has 0 saturated carbocycles. The van der Waals surface area contributed by atoms with E-state index in [0.29, 0.717) is 29.8 Å². The molecular formula is C13H16Cl2N2O2. The average Bonchev–Trinajstić information content (AvgIpc) is 2.42. The van der Waals surface area contributed by atoms with Crippen LogP contribution in [0.5, 0.6) is 0 Å². The SMILES string of the molecule is CC(NC(=O)C1COCCN1)c1ccc(Cl)c(Cl)c1. The van der Waals surface area contributed by atoms with Gasteiger partial charge in [0.2, 0.25) is 5.91 Å². The van der Waals surface area contributed by atoms with E-state index in [1.165, 1.54) is 0 Å². The topological polar surface area (TPSA) is 50.4 Å². The standard InChI is InChI=1S/C13H16Cl2N2O2/c1-8(9-2-3-10(14)11(15)6-9)17-13(18)12-7-19-5-4-16-12/h2-3,6,8,12,16H,4-5,7H2,1H3,(H,17,18). The quantitative estimate of drug-likeness (QED) is 0.899. The van der Waals surface area contributed by atoms with Gasteiger partial charge in [-0.3, -0.25) is 4.79 Å². The van der Waals surface area contributed by atoms with E-state index >= 15 is 0 Å². The first-order valence-electron chi connectivity index (χ1n) is 6.14. The maximum atomic E-state index is 12.0. The molecule has 4 nitrogen and oxygen atoms in total. The molecule has 1 aliphatic heterocycles. The van der Waals surface area contributed by atoms with Gasteiger partial charge in [-0.25, -0.2) is 0 Å². The lowest BCUT2D eigenvalue weighted by atomic mass is 10.1. The van der Waals surface area contributed by atoms with Gasteiger partial charge in [0, 0.05) is 6.54 Å². The fourth-order valence-corrected chi connectivity index (χ4v) is 2.22. The second kappa shape index (κ2) is 6.57. The Morgan fingerprint density at radius 3 is 2.89 bits per heavy atom. The predicted octanol–water partition coefficient (Wildman–Crippen LogP) is 2.16. The fraction of sp³-hybridized carbons (Fsp3) is 0.462. The van der Waals surface area contributed by atoms with Crippen molar-refractivity contribution in [3.05, 3.63) is 33.8 Å². The third-order valence-corrected chi connectivity index (χ3v) is 3.78. The van der Waals surface area contributed by atoms with Crippen molar-refractivity contribution in [2.24, 2.45) is 0 Å². The van der Waals surface area contributed by atoms with Gasteiger partial charge in [0.15, 0.2) is 0 Å². The maximum absolute atomic E-state index is 12.0. The first-order valence-corrected chi connectivity index (χ1v) is 6.90. The third kappa shape index (κ3) is 3.83. The van der Waals surface area contributed by atoms with Crippen molar-refractivity contribution in [2.75, 3.05) is 19.8 Å². The highest BCUT2D eigenvalue weighted by Gasteiger charge is 2.22. The largest absolute Gasteiger partial charge is 0.378 e. The summed E-state index contributed by atoms with van der Waals surface area (Å²) in [6.45, 7) is 3.65. The molecule has 1 amide bonds. The van der Waals surface area contributed by atoms with Crippen LogP contribution in [-0.4, -0.2) is 31.7 Å². The summed E-state index contributed by atoms with van der Waals surface area (Å²) in [5.41, 5.74) is 0.916. The van der Waals surface area contributed by atoms with Crippen LogP contribution in [0.2, 0.25) is 10.0 Å². The number of halogens is 2. The molecule has 2 N–H and O–H groups in total. The van der Waals surface area contributed by atoms with Gasteiger partial charge in [-0.05, 0) is 24.6 Å². The zero-order chi connectivity index (χ0) is 13.8. The normalized spacial score (nSPS) is 20.9. The molecule has 1 aliphatic rings. The Balaban J connectivity index is 1.97. The molecule has 1 aromatic rings. The van der Waals surface area contributed by atoms with Crippen LogP contribution in [0, 0.1) is 0 Å². The van der Waals surface area contributed by atoms with E-state index in [0.717, 1.165) is 5.56 Å². The minimum atomic E-state index is -0.293. The second-order valence-electron chi connectivity index (χ2n) is 4.49. The summed E-state index contributed by atoms with van der Waals surface area (Å²) in [7, 11) is 0. The van der Waals surface area contributed by atoms with Gasteiger partial charge in [0.05, 0.1) is 29.3 Å². The molecular weight excluding hydrogens is 287 g/mol. The monoisotopic (exact) mass is 302 g/mol. The van der Waals surface area contributed by atoms with Gasteiger partial charge in [-0.2, -0.15) is 0 Å². The molecule has 0 aliphatic carbocycles. The number of carbonyl (C=O) groups excluding carboxylic acids is 1. The van der Waals surface area contributed by atoms with Gasteiger partial charge in [0.25, 0.3) is 0 Å². The molecule has 0 radical (unpaired) electrons. The lowest BCUT2D eigenvalue weighted by Gasteiger charge is -2.25. The van der Waals surface area contributed by atoms with Crippen LogP contribution < -0.4 is 10.6 Å². The van der Waals surface area contributed by atoms with E-state index in [4.69, 9.17) is 27.9 Å². The number of carbonyl (C=O) groups is 1. The third-order valence-electron chi connectivity index (χ3n) is 3.04. The summed E-state index contributed by atoms with van der Waals surface area (Å²) in [4.78, 5) is 12.0. The number of amides is 1.